The molecule has 0 saturated carbocycles. The van der Waals surface area contributed by atoms with E-state index in [2.05, 4.69) is 0 Å². The minimum Gasteiger partial charge on any atom is -0.461 e. The van der Waals surface area contributed by atoms with E-state index in [1.165, 1.54) is 0 Å². The summed E-state index contributed by atoms with van der Waals surface area (Å²) in [6.07, 6.45) is -0.731. The molecule has 0 N–H and O–H groups in total. The average molecular weight is 471 g/mol. The van der Waals surface area contributed by atoms with Crippen molar-refractivity contribution < 1.29 is 42.8 Å². The van der Waals surface area contributed by atoms with Gasteiger partial charge in [0.15, 0.2) is 0 Å². The van der Waals surface area contributed by atoms with Crippen LogP contribution in [0.15, 0.2) is 14.4 Å². The molecule has 15 nitrogen and oxygen atoms in total. The van der Waals surface area contributed by atoms with Gasteiger partial charge in [0, 0.05) is 0 Å². The van der Waals surface area contributed by atoms with E-state index >= 15 is 0 Å². The fraction of sp³-hybridized carbons (Fsp3) is 0.667. The quantitative estimate of drug-likeness (QED) is 0.164. The maximum atomic E-state index is 12.8. The lowest BCUT2D eigenvalue weighted by atomic mass is 10.5. The molecule has 3 atom stereocenters. The van der Waals surface area contributed by atoms with E-state index in [1.54, 1.807) is 0 Å². The van der Waals surface area contributed by atoms with Crippen LogP contribution >= 0.6 is 0 Å². The molecular weight excluding hydrogens is 450 g/mol. The second-order valence-electron chi connectivity index (χ2n) is 7.52. The summed E-state index contributed by atoms with van der Waals surface area (Å²) in [5.74, 6) is -2.82. The molecule has 1 aromatic rings. The van der Waals surface area contributed by atoms with Crippen LogP contribution in [-0.4, -0.2) is 89.6 Å². The maximum Gasteiger partial charge on any atom is 0.337 e. The molecule has 1 aromatic heterocycles. The Morgan fingerprint density at radius 1 is 0.606 bits per heavy atom. The first-order valence-electron chi connectivity index (χ1n) is 10.1. The van der Waals surface area contributed by atoms with Crippen molar-refractivity contribution in [3.8, 4) is 0 Å². The van der Waals surface area contributed by atoms with Gasteiger partial charge in [0.1, 0.15) is 57.8 Å². The minimum atomic E-state index is -1.24. The van der Waals surface area contributed by atoms with Gasteiger partial charge in [0.2, 0.25) is 0 Å². The minimum absolute atomic E-state index is 0.0630. The Kier molecular flexibility index (Phi) is 6.71. The van der Waals surface area contributed by atoms with Gasteiger partial charge in [-0.2, -0.15) is 0 Å². The molecule has 0 radical (unpaired) electrons. The molecular formula is C18H21N3O12. The standard InChI is InChI=1S/C18H21N3O12/c22-13(31-7-10-4-28-10)1-19-16(25)20(2-14(23)32-8-11-5-29-11)18(27)21(17(19)26)3-15(24)33-9-12-6-30-12/h10-12H,1-9H2. The van der Waals surface area contributed by atoms with Gasteiger partial charge in [-0.3, -0.25) is 14.4 Å². The smallest absolute Gasteiger partial charge is 0.337 e. The van der Waals surface area contributed by atoms with Gasteiger partial charge < -0.3 is 28.4 Å². The van der Waals surface area contributed by atoms with Crippen molar-refractivity contribution in [2.75, 3.05) is 39.6 Å². The summed E-state index contributed by atoms with van der Waals surface area (Å²) in [5.41, 5.74) is -3.71. The summed E-state index contributed by atoms with van der Waals surface area (Å²) in [6, 6.07) is 0. The Labute approximate surface area is 184 Å². The molecule has 3 saturated heterocycles. The van der Waals surface area contributed by atoms with E-state index in [-0.39, 0.29) is 38.1 Å². The summed E-state index contributed by atoms with van der Waals surface area (Å²) in [5, 5.41) is 0. The normalized spacial score (nSPS) is 22.4. The summed E-state index contributed by atoms with van der Waals surface area (Å²) in [7, 11) is 0. The molecule has 3 aliphatic heterocycles. The molecule has 3 fully saturated rings. The number of epoxide rings is 3. The number of esters is 3. The number of ether oxygens (including phenoxy) is 6. The SMILES string of the molecule is O=C(Cn1c(=O)n(CC(=O)OCC2CO2)c(=O)n(CC(=O)OCC2CO2)c1=O)OCC1CO1. The van der Waals surface area contributed by atoms with Crippen LogP contribution in [-0.2, 0) is 62.4 Å². The molecule has 3 aliphatic rings. The van der Waals surface area contributed by atoms with Crippen molar-refractivity contribution in [1.82, 2.24) is 13.7 Å². The Balaban J connectivity index is 1.56. The van der Waals surface area contributed by atoms with Crippen LogP contribution in [0.3, 0.4) is 0 Å². The number of hydrogen-bond acceptors (Lipinski definition) is 12. The van der Waals surface area contributed by atoms with Crippen molar-refractivity contribution >= 4 is 17.9 Å². The highest BCUT2D eigenvalue weighted by molar-refractivity contribution is 5.70. The third-order valence-electron chi connectivity index (χ3n) is 4.74. The van der Waals surface area contributed by atoms with Crippen LogP contribution in [0, 0.1) is 0 Å². The van der Waals surface area contributed by atoms with E-state index in [0.717, 1.165) is 0 Å². The molecule has 0 aromatic carbocycles. The zero-order valence-corrected chi connectivity index (χ0v) is 17.3. The fourth-order valence-corrected chi connectivity index (χ4v) is 2.66. The second-order valence-corrected chi connectivity index (χ2v) is 7.52. The Bertz CT molecular complexity index is 938. The summed E-state index contributed by atoms with van der Waals surface area (Å²) in [4.78, 5) is 74.5. The lowest BCUT2D eigenvalue weighted by Crippen LogP contribution is -2.56. The highest BCUT2D eigenvalue weighted by Crippen LogP contribution is 2.09. The van der Waals surface area contributed by atoms with E-state index in [1.807, 2.05) is 0 Å². The van der Waals surface area contributed by atoms with Crippen molar-refractivity contribution in [3.05, 3.63) is 31.5 Å². The zero-order chi connectivity index (χ0) is 23.5. The fourth-order valence-electron chi connectivity index (χ4n) is 2.66. The second kappa shape index (κ2) is 9.68. The lowest BCUT2D eigenvalue weighted by Gasteiger charge is -2.13. The van der Waals surface area contributed by atoms with Gasteiger partial charge >= 0.3 is 35.0 Å². The molecule has 180 valence electrons. The largest absolute Gasteiger partial charge is 0.461 e. The third kappa shape index (κ3) is 6.36. The molecule has 3 unspecified atom stereocenters. The Morgan fingerprint density at radius 3 is 1.06 bits per heavy atom. The van der Waals surface area contributed by atoms with Gasteiger partial charge in [-0.15, -0.1) is 0 Å². The highest BCUT2D eigenvalue weighted by Gasteiger charge is 2.28. The molecule has 15 heteroatoms. The van der Waals surface area contributed by atoms with E-state index in [4.69, 9.17) is 28.4 Å². The molecule has 4 heterocycles. The third-order valence-corrected chi connectivity index (χ3v) is 4.74. The molecule has 0 bridgehead atoms. The van der Waals surface area contributed by atoms with Crippen LogP contribution in [0.2, 0.25) is 0 Å². The first-order chi connectivity index (χ1) is 15.8. The molecule has 0 amide bonds. The topological polar surface area (TPSA) is 182 Å². The van der Waals surface area contributed by atoms with Crippen molar-refractivity contribution in [2.45, 2.75) is 37.9 Å². The first-order valence-corrected chi connectivity index (χ1v) is 10.1. The van der Waals surface area contributed by atoms with Crippen molar-refractivity contribution in [1.29, 1.82) is 0 Å². The van der Waals surface area contributed by atoms with Crippen LogP contribution in [0.25, 0.3) is 0 Å². The van der Waals surface area contributed by atoms with E-state index in [9.17, 15) is 28.8 Å². The van der Waals surface area contributed by atoms with Gasteiger partial charge in [0.05, 0.1) is 19.8 Å². The van der Waals surface area contributed by atoms with Crippen LogP contribution in [0.5, 0.6) is 0 Å². The number of carbonyl (C=O) groups excluding carboxylic acids is 3. The predicted molar refractivity (Wildman–Crippen MR) is 101 cm³/mol. The maximum absolute atomic E-state index is 12.8. The number of rotatable bonds is 12. The molecule has 33 heavy (non-hydrogen) atoms. The van der Waals surface area contributed by atoms with E-state index < -0.39 is 54.6 Å². The highest BCUT2D eigenvalue weighted by atomic mass is 16.6. The van der Waals surface area contributed by atoms with Crippen LogP contribution < -0.4 is 17.1 Å². The van der Waals surface area contributed by atoms with Gasteiger partial charge in [-0.05, 0) is 0 Å². The number of nitrogens with zero attached hydrogens (tertiary/aromatic N) is 3. The number of carbonyl (C=O) groups is 3. The van der Waals surface area contributed by atoms with Crippen LogP contribution in [0.1, 0.15) is 0 Å². The number of aromatic nitrogens is 3. The van der Waals surface area contributed by atoms with Crippen molar-refractivity contribution in [3.63, 3.8) is 0 Å². The summed E-state index contributed by atoms with van der Waals surface area (Å²) < 4.78 is 30.7. The predicted octanol–water partition coefficient (Wildman–Crippen LogP) is -4.00. The van der Waals surface area contributed by atoms with Crippen LogP contribution in [0.4, 0.5) is 0 Å². The lowest BCUT2D eigenvalue weighted by molar-refractivity contribution is -0.145. The first kappa shape index (κ1) is 22.9. The Morgan fingerprint density at radius 2 is 0.848 bits per heavy atom. The molecule has 4 rings (SSSR count). The zero-order valence-electron chi connectivity index (χ0n) is 17.3. The summed E-state index contributed by atoms with van der Waals surface area (Å²) in [6.45, 7) is -1.46. The average Bonchev–Trinajstić information content (AvgIpc) is 3.63. The summed E-state index contributed by atoms with van der Waals surface area (Å²) >= 11 is 0. The Hall–Kier alpha value is -3.30. The number of hydrogen-bond donors (Lipinski definition) is 0. The monoisotopic (exact) mass is 471 g/mol. The molecule has 0 aliphatic carbocycles. The molecule has 0 spiro atoms. The van der Waals surface area contributed by atoms with Gasteiger partial charge in [0.25, 0.3) is 0 Å². The van der Waals surface area contributed by atoms with Gasteiger partial charge in [-0.25, -0.2) is 28.1 Å². The van der Waals surface area contributed by atoms with Gasteiger partial charge in [-0.1, -0.05) is 0 Å². The van der Waals surface area contributed by atoms with E-state index in [0.29, 0.717) is 33.5 Å². The van der Waals surface area contributed by atoms with Crippen molar-refractivity contribution in [2.24, 2.45) is 0 Å².